The number of hydrogen-bond acceptors (Lipinski definition) is 9. The summed E-state index contributed by atoms with van der Waals surface area (Å²) in [4.78, 5) is 80.0. The Morgan fingerprint density at radius 2 is 1.73 bits per heavy atom. The van der Waals surface area contributed by atoms with Gasteiger partial charge >= 0.3 is 11.9 Å². The van der Waals surface area contributed by atoms with Crippen molar-refractivity contribution in [1.29, 1.82) is 0 Å². The van der Waals surface area contributed by atoms with Gasteiger partial charge in [-0.05, 0) is 6.07 Å². The second kappa shape index (κ2) is 12.4. The van der Waals surface area contributed by atoms with Crippen LogP contribution in [0.15, 0.2) is 59.6 Å². The van der Waals surface area contributed by atoms with Gasteiger partial charge in [-0.1, -0.05) is 48.5 Å². The number of ether oxygens (including phenoxy) is 1. The Morgan fingerprint density at radius 1 is 1.05 bits per heavy atom. The molecule has 0 aromatic heterocycles. The zero-order chi connectivity index (χ0) is 29.7. The van der Waals surface area contributed by atoms with Gasteiger partial charge < -0.3 is 30.9 Å². The highest BCUT2D eigenvalue weighted by molar-refractivity contribution is 6.21. The first-order chi connectivity index (χ1) is 19.5. The number of carboxylic acids is 1. The minimum absolute atomic E-state index is 0.258. The van der Waals surface area contributed by atoms with E-state index < -0.39 is 73.1 Å². The molecule has 0 aliphatic carbocycles. The van der Waals surface area contributed by atoms with Gasteiger partial charge in [-0.2, -0.15) is 0 Å². The second-order valence-corrected chi connectivity index (χ2v) is 9.31. The first-order valence-electron chi connectivity index (χ1n) is 12.5. The van der Waals surface area contributed by atoms with E-state index in [1.165, 1.54) is 0 Å². The molecular weight excluding hydrogens is 538 g/mol. The van der Waals surface area contributed by atoms with Crippen molar-refractivity contribution in [3.63, 3.8) is 0 Å². The summed E-state index contributed by atoms with van der Waals surface area (Å²) in [5, 5.41) is 26.2. The van der Waals surface area contributed by atoms with Crippen LogP contribution in [-0.2, 0) is 33.5 Å². The van der Waals surface area contributed by atoms with Crippen molar-refractivity contribution in [2.75, 3.05) is 11.4 Å². The van der Waals surface area contributed by atoms with Crippen LogP contribution in [0, 0.1) is 0 Å². The van der Waals surface area contributed by atoms with Gasteiger partial charge in [0.05, 0.1) is 24.2 Å². The Hall–Kier alpha value is -5.11. The predicted molar refractivity (Wildman–Crippen MR) is 141 cm³/mol. The van der Waals surface area contributed by atoms with Crippen LogP contribution in [0.25, 0.3) is 0 Å². The smallest absolute Gasteiger partial charge is 0.310 e. The second-order valence-electron chi connectivity index (χ2n) is 9.31. The first kappa shape index (κ1) is 28.9. The third-order valence-corrected chi connectivity index (χ3v) is 6.24. The molecular formula is C27H27N5O9. The maximum Gasteiger partial charge on any atom is 0.310 e. The molecule has 2 unspecified atom stereocenters. The number of aliphatic hydroxyl groups excluding tert-OH is 1. The molecule has 1 fully saturated rings. The van der Waals surface area contributed by atoms with E-state index in [1.54, 1.807) is 54.6 Å². The minimum Gasteiger partial charge on any atom is -0.481 e. The fourth-order valence-corrected chi connectivity index (χ4v) is 4.44. The summed E-state index contributed by atoms with van der Waals surface area (Å²) in [5.41, 5.74) is 1.64. The molecule has 0 bridgehead atoms. The number of anilines is 1. The van der Waals surface area contributed by atoms with Crippen LogP contribution in [0.4, 0.5) is 5.69 Å². The van der Waals surface area contributed by atoms with E-state index in [-0.39, 0.29) is 12.1 Å². The van der Waals surface area contributed by atoms with E-state index in [0.717, 1.165) is 11.8 Å². The van der Waals surface area contributed by atoms with Crippen molar-refractivity contribution in [1.82, 2.24) is 16.0 Å². The number of amides is 4. The average molecular weight is 566 g/mol. The molecule has 4 rings (SSSR count). The average Bonchev–Trinajstić information content (AvgIpc) is 3.19. The van der Waals surface area contributed by atoms with Crippen molar-refractivity contribution in [2.24, 2.45) is 4.99 Å². The number of hydrogen-bond donors (Lipinski definition) is 5. The van der Waals surface area contributed by atoms with Crippen LogP contribution in [0.5, 0.6) is 0 Å². The van der Waals surface area contributed by atoms with Crippen LogP contribution in [-0.4, -0.2) is 82.6 Å². The van der Waals surface area contributed by atoms with Crippen LogP contribution in [0.1, 0.15) is 30.9 Å². The zero-order valence-corrected chi connectivity index (χ0v) is 21.8. The Bertz CT molecular complexity index is 1390. The number of carbonyl (C=O) groups excluding carboxylic acids is 5. The number of aliphatic carboxylic acids is 1. The Balaban J connectivity index is 1.71. The number of aliphatic hydroxyl groups is 1. The topological polar surface area (TPSA) is 204 Å². The fraction of sp³-hybridized carbons (Fsp3) is 0.296. The van der Waals surface area contributed by atoms with Crippen LogP contribution >= 0.6 is 0 Å². The zero-order valence-electron chi connectivity index (χ0n) is 21.8. The number of esters is 1. The molecule has 2 aromatic rings. The van der Waals surface area contributed by atoms with E-state index in [2.05, 4.69) is 25.7 Å². The minimum atomic E-state index is -1.62. The summed E-state index contributed by atoms with van der Waals surface area (Å²) in [7, 11) is 0. The molecule has 4 atom stereocenters. The number of aliphatic imine (C=N–C) groups is 1. The number of benzodiazepines with no additional fused rings is 1. The van der Waals surface area contributed by atoms with Gasteiger partial charge in [0.25, 0.3) is 5.91 Å². The van der Waals surface area contributed by atoms with Crippen molar-refractivity contribution >= 4 is 47.0 Å². The standard InChI is InChI=1S/C27H27N5O9/c1-14(33)28-17(11-21(35)36)25(38)31-24-26(39)32(13-20(34)29-18-12-22(37)41-27(18)40)19-10-6-5-9-16(19)23(30-24)15-7-3-2-4-8-15/h2-10,17-18,24,27,40H,11-13H2,1H3,(H,28,33)(H,29,34)(H,31,38)(H,35,36)/t17-,18-,24?,27?/m0/s1. The molecule has 2 aliphatic rings. The summed E-state index contributed by atoms with van der Waals surface area (Å²) in [5.74, 6) is -5.25. The molecule has 0 spiro atoms. The molecule has 214 valence electrons. The van der Waals surface area contributed by atoms with Crippen molar-refractivity contribution in [3.8, 4) is 0 Å². The lowest BCUT2D eigenvalue weighted by molar-refractivity contribution is -0.155. The summed E-state index contributed by atoms with van der Waals surface area (Å²) >= 11 is 0. The first-order valence-corrected chi connectivity index (χ1v) is 12.5. The lowest BCUT2D eigenvalue weighted by Crippen LogP contribution is -2.55. The highest BCUT2D eigenvalue weighted by Crippen LogP contribution is 2.28. The Labute approximate surface area is 233 Å². The number of benzene rings is 2. The van der Waals surface area contributed by atoms with E-state index >= 15 is 0 Å². The Kier molecular flexibility index (Phi) is 8.72. The van der Waals surface area contributed by atoms with E-state index in [1.807, 2.05) is 0 Å². The van der Waals surface area contributed by atoms with Crippen LogP contribution in [0.3, 0.4) is 0 Å². The largest absolute Gasteiger partial charge is 0.481 e. The van der Waals surface area contributed by atoms with Crippen LogP contribution in [0.2, 0.25) is 0 Å². The summed E-state index contributed by atoms with van der Waals surface area (Å²) in [6.45, 7) is 0.531. The normalized spacial score (nSPS) is 20.6. The molecule has 2 heterocycles. The van der Waals surface area contributed by atoms with Gasteiger partial charge in [0.2, 0.25) is 30.2 Å². The summed E-state index contributed by atoms with van der Waals surface area (Å²) in [6.07, 6.45) is -4.17. The molecule has 1 saturated heterocycles. The third kappa shape index (κ3) is 6.91. The van der Waals surface area contributed by atoms with Gasteiger partial charge in [-0.25, -0.2) is 4.99 Å². The lowest BCUT2D eigenvalue weighted by Gasteiger charge is -2.26. The highest BCUT2D eigenvalue weighted by Gasteiger charge is 2.38. The maximum absolute atomic E-state index is 13.9. The molecule has 5 N–H and O–H groups in total. The van der Waals surface area contributed by atoms with Gasteiger partial charge in [0, 0.05) is 18.1 Å². The SMILES string of the molecule is CC(=O)N[C@@H](CC(=O)O)C(=O)NC1N=C(c2ccccc2)c2ccccc2N(CC(=O)N[C@H]2CC(=O)OC2O)C1=O. The quantitative estimate of drug-likeness (QED) is 0.237. The van der Waals surface area contributed by atoms with E-state index in [9.17, 15) is 39.0 Å². The molecule has 14 heteroatoms. The van der Waals surface area contributed by atoms with E-state index in [4.69, 9.17) is 0 Å². The highest BCUT2D eigenvalue weighted by atomic mass is 16.6. The molecule has 0 saturated carbocycles. The number of fused-ring (bicyclic) bond motifs is 1. The van der Waals surface area contributed by atoms with Gasteiger partial charge in [-0.3, -0.25) is 33.7 Å². The molecule has 2 aliphatic heterocycles. The summed E-state index contributed by atoms with van der Waals surface area (Å²) in [6, 6.07) is 12.9. The van der Waals surface area contributed by atoms with Crippen molar-refractivity contribution < 1.29 is 43.7 Å². The molecule has 0 radical (unpaired) electrons. The molecule has 4 amide bonds. The lowest BCUT2D eigenvalue weighted by atomic mass is 10.0. The number of para-hydroxylation sites is 1. The predicted octanol–water partition coefficient (Wildman–Crippen LogP) is -0.958. The number of rotatable bonds is 9. The van der Waals surface area contributed by atoms with Crippen molar-refractivity contribution in [3.05, 3.63) is 65.7 Å². The van der Waals surface area contributed by atoms with Gasteiger partial charge in [-0.15, -0.1) is 0 Å². The summed E-state index contributed by atoms with van der Waals surface area (Å²) < 4.78 is 4.65. The third-order valence-electron chi connectivity index (χ3n) is 6.24. The monoisotopic (exact) mass is 565 g/mol. The maximum atomic E-state index is 13.9. The fourth-order valence-electron chi connectivity index (χ4n) is 4.44. The van der Waals surface area contributed by atoms with Crippen molar-refractivity contribution in [2.45, 2.75) is 44.3 Å². The van der Waals surface area contributed by atoms with Gasteiger partial charge in [0.1, 0.15) is 18.6 Å². The molecule has 41 heavy (non-hydrogen) atoms. The number of nitrogens with zero attached hydrogens (tertiary/aromatic N) is 2. The Morgan fingerprint density at radius 3 is 2.37 bits per heavy atom. The number of carbonyl (C=O) groups is 6. The number of nitrogens with one attached hydrogen (secondary N) is 3. The van der Waals surface area contributed by atoms with Crippen LogP contribution < -0.4 is 20.9 Å². The molecule has 14 nitrogen and oxygen atoms in total. The number of cyclic esters (lactones) is 1. The molecule has 2 aromatic carbocycles. The number of carboxylic acid groups (broad SMARTS) is 1. The van der Waals surface area contributed by atoms with E-state index in [0.29, 0.717) is 16.8 Å². The van der Waals surface area contributed by atoms with Gasteiger partial charge in [0.15, 0.2) is 0 Å².